The minimum Gasteiger partial charge on any atom is -0.395 e. The summed E-state index contributed by atoms with van der Waals surface area (Å²) in [5.74, 6) is 0. The fraction of sp³-hybridized carbons (Fsp3) is 0.176. The Balaban J connectivity index is 2.08. The van der Waals surface area contributed by atoms with E-state index >= 15 is 0 Å². The molecule has 1 atom stereocenters. The average Bonchev–Trinajstić information content (AvgIpc) is 2.91. The molecule has 2 aromatic carbocycles. The molecule has 1 heterocycles. The molecule has 0 unspecified atom stereocenters. The molecule has 0 saturated heterocycles. The van der Waals surface area contributed by atoms with Gasteiger partial charge in [-0.25, -0.2) is 0 Å². The molecule has 0 amide bonds. The van der Waals surface area contributed by atoms with Gasteiger partial charge in [-0.05, 0) is 17.5 Å². The molecule has 0 aliphatic heterocycles. The summed E-state index contributed by atoms with van der Waals surface area (Å²) in [5, 5.41) is 10.3. The van der Waals surface area contributed by atoms with Crippen LogP contribution in [0, 0.1) is 0 Å². The van der Waals surface area contributed by atoms with E-state index in [4.69, 9.17) is 10.8 Å². The zero-order valence-electron chi connectivity index (χ0n) is 11.2. The van der Waals surface area contributed by atoms with Gasteiger partial charge in [0.1, 0.15) is 0 Å². The van der Waals surface area contributed by atoms with Crippen molar-refractivity contribution in [3.63, 3.8) is 0 Å². The maximum atomic E-state index is 9.10. The minimum absolute atomic E-state index is 0.00501. The molecule has 0 saturated carbocycles. The Kier molecular flexibility index (Phi) is 3.54. The summed E-state index contributed by atoms with van der Waals surface area (Å²) < 4.78 is 0. The van der Waals surface area contributed by atoms with Crippen LogP contribution in [0.15, 0.2) is 54.7 Å². The molecule has 0 bridgehead atoms. The maximum Gasteiger partial charge on any atom is 0.0585 e. The summed E-state index contributed by atoms with van der Waals surface area (Å²) in [6.45, 7) is 0.00501. The van der Waals surface area contributed by atoms with Crippen molar-refractivity contribution in [2.24, 2.45) is 5.73 Å². The minimum atomic E-state index is -0.214. The quantitative estimate of drug-likeness (QED) is 0.680. The van der Waals surface area contributed by atoms with Crippen LogP contribution in [0.3, 0.4) is 0 Å². The number of H-pyrrole nitrogens is 1. The summed E-state index contributed by atoms with van der Waals surface area (Å²) in [6, 6.07) is 16.4. The number of nitrogens with one attached hydrogen (secondary N) is 1. The lowest BCUT2D eigenvalue weighted by Crippen LogP contribution is -2.26. The zero-order chi connectivity index (χ0) is 13.9. The third kappa shape index (κ3) is 2.33. The van der Waals surface area contributed by atoms with Crippen molar-refractivity contribution in [3.8, 4) is 11.1 Å². The lowest BCUT2D eigenvalue weighted by atomic mass is 10.00. The van der Waals surface area contributed by atoms with Gasteiger partial charge in [-0.2, -0.15) is 0 Å². The molecule has 20 heavy (non-hydrogen) atoms. The fourth-order valence-corrected chi connectivity index (χ4v) is 2.59. The van der Waals surface area contributed by atoms with Gasteiger partial charge in [0.25, 0.3) is 0 Å². The van der Waals surface area contributed by atoms with E-state index in [1.54, 1.807) is 0 Å². The number of hydrogen-bond donors (Lipinski definition) is 3. The Morgan fingerprint density at radius 2 is 1.85 bits per heavy atom. The van der Waals surface area contributed by atoms with Crippen molar-refractivity contribution in [2.45, 2.75) is 12.5 Å². The number of aromatic nitrogens is 1. The Morgan fingerprint density at radius 1 is 1.05 bits per heavy atom. The number of aliphatic hydroxyl groups is 1. The van der Waals surface area contributed by atoms with Gasteiger partial charge in [0.05, 0.1) is 12.1 Å². The van der Waals surface area contributed by atoms with E-state index in [0.717, 1.165) is 11.1 Å². The second kappa shape index (κ2) is 5.49. The van der Waals surface area contributed by atoms with Gasteiger partial charge in [0, 0.05) is 23.2 Å². The van der Waals surface area contributed by atoms with Crippen LogP contribution in [0.5, 0.6) is 0 Å². The highest BCUT2D eigenvalue weighted by molar-refractivity contribution is 5.96. The van der Waals surface area contributed by atoms with Crippen molar-refractivity contribution < 1.29 is 5.11 Å². The Morgan fingerprint density at radius 3 is 2.60 bits per heavy atom. The van der Waals surface area contributed by atoms with Crippen molar-refractivity contribution in [1.82, 2.24) is 4.98 Å². The summed E-state index contributed by atoms with van der Waals surface area (Å²) in [7, 11) is 0. The highest BCUT2D eigenvalue weighted by Gasteiger charge is 2.11. The van der Waals surface area contributed by atoms with Gasteiger partial charge in [-0.3, -0.25) is 0 Å². The van der Waals surface area contributed by atoms with Crippen LogP contribution in [0.2, 0.25) is 0 Å². The molecule has 1 aromatic heterocycles. The van der Waals surface area contributed by atoms with Crippen molar-refractivity contribution in [1.29, 1.82) is 0 Å². The van der Waals surface area contributed by atoms with Crippen molar-refractivity contribution in [3.05, 3.63) is 60.3 Å². The number of nitrogens with two attached hydrogens (primary N) is 1. The van der Waals surface area contributed by atoms with E-state index in [1.165, 1.54) is 16.5 Å². The second-order valence-electron chi connectivity index (χ2n) is 5.05. The Bertz CT molecular complexity index is 703. The third-order valence-corrected chi connectivity index (χ3v) is 3.60. The van der Waals surface area contributed by atoms with Crippen molar-refractivity contribution in [2.75, 3.05) is 6.61 Å². The average molecular weight is 266 g/mol. The highest BCUT2D eigenvalue weighted by Crippen LogP contribution is 2.29. The monoisotopic (exact) mass is 266 g/mol. The zero-order valence-corrected chi connectivity index (χ0v) is 11.2. The smallest absolute Gasteiger partial charge is 0.0585 e. The summed E-state index contributed by atoms with van der Waals surface area (Å²) >= 11 is 0. The van der Waals surface area contributed by atoms with Crippen LogP contribution >= 0.6 is 0 Å². The second-order valence-corrected chi connectivity index (χ2v) is 5.05. The first-order valence-corrected chi connectivity index (χ1v) is 6.80. The summed E-state index contributed by atoms with van der Waals surface area (Å²) in [6.07, 6.45) is 2.67. The maximum absolute atomic E-state index is 9.10. The third-order valence-electron chi connectivity index (χ3n) is 3.60. The number of rotatable bonds is 4. The highest BCUT2D eigenvalue weighted by atomic mass is 16.3. The van der Waals surface area contributed by atoms with Gasteiger partial charge in [0.2, 0.25) is 0 Å². The predicted molar refractivity (Wildman–Crippen MR) is 82.5 cm³/mol. The molecule has 3 nitrogen and oxygen atoms in total. The first kappa shape index (κ1) is 12.9. The van der Waals surface area contributed by atoms with Crippen LogP contribution in [0.1, 0.15) is 5.56 Å². The summed E-state index contributed by atoms with van der Waals surface area (Å²) in [4.78, 5) is 3.35. The molecular formula is C17H18N2O. The van der Waals surface area contributed by atoms with Crippen LogP contribution in [0.4, 0.5) is 0 Å². The van der Waals surface area contributed by atoms with E-state index < -0.39 is 0 Å². The number of para-hydroxylation sites is 1. The summed E-state index contributed by atoms with van der Waals surface area (Å²) in [5.41, 5.74) is 10.5. The van der Waals surface area contributed by atoms with Crippen LogP contribution < -0.4 is 5.73 Å². The number of benzene rings is 2. The fourth-order valence-electron chi connectivity index (χ4n) is 2.59. The van der Waals surface area contributed by atoms with Crippen LogP contribution in [-0.2, 0) is 6.42 Å². The molecule has 0 fully saturated rings. The van der Waals surface area contributed by atoms with E-state index in [0.29, 0.717) is 6.42 Å². The van der Waals surface area contributed by atoms with Crippen LogP contribution in [0.25, 0.3) is 22.0 Å². The van der Waals surface area contributed by atoms with Gasteiger partial charge in [-0.15, -0.1) is 0 Å². The van der Waals surface area contributed by atoms with Gasteiger partial charge in [0.15, 0.2) is 0 Å². The Hall–Kier alpha value is -2.10. The first-order chi connectivity index (χ1) is 9.79. The SMILES string of the molecule is N[C@H](CO)Cc1c[nH]c2c(-c3ccccc3)cccc12. The first-order valence-electron chi connectivity index (χ1n) is 6.80. The topological polar surface area (TPSA) is 62.0 Å². The molecular weight excluding hydrogens is 248 g/mol. The van der Waals surface area contributed by atoms with E-state index in [9.17, 15) is 0 Å². The lowest BCUT2D eigenvalue weighted by molar-refractivity contribution is 0.265. The predicted octanol–water partition coefficient (Wildman–Crippen LogP) is 2.70. The lowest BCUT2D eigenvalue weighted by Gasteiger charge is -2.07. The molecule has 0 aliphatic rings. The van der Waals surface area contributed by atoms with Gasteiger partial charge >= 0.3 is 0 Å². The van der Waals surface area contributed by atoms with E-state index in [1.807, 2.05) is 24.4 Å². The molecule has 0 spiro atoms. The normalized spacial score (nSPS) is 12.7. The van der Waals surface area contributed by atoms with Gasteiger partial charge < -0.3 is 15.8 Å². The molecule has 0 radical (unpaired) electrons. The van der Waals surface area contributed by atoms with Gasteiger partial charge in [-0.1, -0.05) is 48.5 Å². The number of fused-ring (bicyclic) bond motifs is 1. The van der Waals surface area contributed by atoms with E-state index in [-0.39, 0.29) is 12.6 Å². The molecule has 3 rings (SSSR count). The van der Waals surface area contributed by atoms with Crippen molar-refractivity contribution >= 4 is 10.9 Å². The number of hydrogen-bond acceptors (Lipinski definition) is 2. The number of aliphatic hydroxyl groups excluding tert-OH is 1. The largest absolute Gasteiger partial charge is 0.395 e. The Labute approximate surface area is 118 Å². The number of aromatic amines is 1. The molecule has 102 valence electrons. The molecule has 4 N–H and O–H groups in total. The molecule has 3 aromatic rings. The molecule has 0 aliphatic carbocycles. The standard InChI is InChI=1S/C17H18N2O/c18-14(11-20)9-13-10-19-17-15(7-4-8-16(13)17)12-5-2-1-3-6-12/h1-8,10,14,19-20H,9,11,18H2/t14-/m0/s1. The van der Waals surface area contributed by atoms with Crippen LogP contribution in [-0.4, -0.2) is 22.7 Å². The molecule has 3 heteroatoms. The van der Waals surface area contributed by atoms with E-state index in [2.05, 4.69) is 35.3 Å².